The monoisotopic (exact) mass is 507 g/mol. The Hall–Kier alpha value is -4.23. The van der Waals surface area contributed by atoms with Crippen molar-refractivity contribution in [2.24, 2.45) is 0 Å². The number of carbonyl (C=O) groups excluding carboxylic acids is 3. The van der Waals surface area contributed by atoms with Gasteiger partial charge in [0.15, 0.2) is 6.10 Å². The SMILES string of the molecule is Cc1cc(COc2ccc(C(=O)N(C[C@@H](O)C(=O)NO)OC(=O)C(F)(F)F)cc2)c2ccccc2n1. The van der Waals surface area contributed by atoms with Crippen molar-refractivity contribution in [3.63, 3.8) is 0 Å². The maximum atomic E-state index is 12.7. The van der Waals surface area contributed by atoms with E-state index >= 15 is 0 Å². The van der Waals surface area contributed by atoms with Gasteiger partial charge < -0.3 is 14.7 Å². The number of pyridine rings is 1. The van der Waals surface area contributed by atoms with Gasteiger partial charge in [-0.3, -0.25) is 19.8 Å². The summed E-state index contributed by atoms with van der Waals surface area (Å²) in [6, 6.07) is 14.5. The molecule has 0 spiro atoms. The molecule has 13 heteroatoms. The van der Waals surface area contributed by atoms with E-state index in [0.29, 0.717) is 5.75 Å². The lowest BCUT2D eigenvalue weighted by Gasteiger charge is -2.23. The minimum Gasteiger partial charge on any atom is -0.489 e. The van der Waals surface area contributed by atoms with Crippen molar-refractivity contribution in [3.05, 3.63) is 71.4 Å². The molecule has 0 saturated heterocycles. The second kappa shape index (κ2) is 11.0. The lowest BCUT2D eigenvalue weighted by Crippen LogP contribution is -2.46. The minimum atomic E-state index is -5.45. The van der Waals surface area contributed by atoms with Gasteiger partial charge in [0.05, 0.1) is 12.1 Å². The number of para-hydroxylation sites is 1. The number of benzene rings is 2. The fourth-order valence-electron chi connectivity index (χ4n) is 3.14. The lowest BCUT2D eigenvalue weighted by molar-refractivity contribution is -0.230. The van der Waals surface area contributed by atoms with Gasteiger partial charge in [0, 0.05) is 22.2 Å². The molecule has 0 fully saturated rings. The highest BCUT2D eigenvalue weighted by Gasteiger charge is 2.44. The Morgan fingerprint density at radius 3 is 2.42 bits per heavy atom. The summed E-state index contributed by atoms with van der Waals surface area (Å²) in [5.74, 6) is -5.12. The average molecular weight is 507 g/mol. The highest BCUT2D eigenvalue weighted by atomic mass is 19.4. The molecule has 1 atom stereocenters. The van der Waals surface area contributed by atoms with E-state index in [0.717, 1.165) is 27.6 Å². The van der Waals surface area contributed by atoms with Gasteiger partial charge in [-0.15, -0.1) is 0 Å². The van der Waals surface area contributed by atoms with Crippen molar-refractivity contribution in [2.75, 3.05) is 6.54 Å². The van der Waals surface area contributed by atoms with Gasteiger partial charge in [-0.1, -0.05) is 18.2 Å². The third-order valence-electron chi connectivity index (χ3n) is 4.83. The van der Waals surface area contributed by atoms with Gasteiger partial charge in [-0.2, -0.15) is 18.2 Å². The molecule has 0 aliphatic carbocycles. The molecule has 3 N–H and O–H groups in total. The average Bonchev–Trinajstić information content (AvgIpc) is 2.85. The van der Waals surface area contributed by atoms with E-state index in [1.165, 1.54) is 24.3 Å². The lowest BCUT2D eigenvalue weighted by atomic mass is 10.1. The minimum absolute atomic E-state index is 0.128. The van der Waals surface area contributed by atoms with E-state index in [1.54, 1.807) is 0 Å². The third-order valence-corrected chi connectivity index (χ3v) is 4.83. The Balaban J connectivity index is 1.75. The van der Waals surface area contributed by atoms with Crippen LogP contribution in [-0.4, -0.2) is 57.0 Å². The number of aliphatic hydroxyl groups is 1. The van der Waals surface area contributed by atoms with Crippen LogP contribution in [0.5, 0.6) is 5.75 Å². The number of aromatic nitrogens is 1. The number of rotatable bonds is 7. The first-order valence-corrected chi connectivity index (χ1v) is 10.3. The number of ether oxygens (including phenoxy) is 1. The topological polar surface area (TPSA) is 138 Å². The highest BCUT2D eigenvalue weighted by Crippen LogP contribution is 2.22. The predicted molar refractivity (Wildman–Crippen MR) is 116 cm³/mol. The number of alkyl halides is 3. The number of nitrogens with one attached hydrogen (secondary N) is 1. The Morgan fingerprint density at radius 2 is 1.78 bits per heavy atom. The van der Waals surface area contributed by atoms with Gasteiger partial charge in [0.1, 0.15) is 12.4 Å². The van der Waals surface area contributed by atoms with Crippen molar-refractivity contribution >= 4 is 28.7 Å². The molecule has 0 bridgehead atoms. The van der Waals surface area contributed by atoms with Crippen LogP contribution in [0.1, 0.15) is 21.6 Å². The van der Waals surface area contributed by atoms with Crippen LogP contribution in [0.4, 0.5) is 13.2 Å². The number of hydrogen-bond acceptors (Lipinski definition) is 8. The van der Waals surface area contributed by atoms with Crippen LogP contribution in [0, 0.1) is 6.92 Å². The zero-order valence-corrected chi connectivity index (χ0v) is 18.7. The van der Waals surface area contributed by atoms with Gasteiger partial charge in [-0.25, -0.2) is 10.3 Å². The quantitative estimate of drug-likeness (QED) is 0.328. The number of halogens is 3. The van der Waals surface area contributed by atoms with E-state index in [-0.39, 0.29) is 17.2 Å². The van der Waals surface area contributed by atoms with E-state index in [4.69, 9.17) is 9.94 Å². The fraction of sp³-hybridized carbons (Fsp3) is 0.217. The van der Waals surface area contributed by atoms with Crippen LogP contribution in [0.15, 0.2) is 54.6 Å². The Morgan fingerprint density at radius 1 is 1.11 bits per heavy atom. The number of carbonyl (C=O) groups is 3. The number of fused-ring (bicyclic) bond motifs is 1. The summed E-state index contributed by atoms with van der Waals surface area (Å²) in [6.07, 6.45) is -7.64. The van der Waals surface area contributed by atoms with Crippen molar-refractivity contribution in [1.82, 2.24) is 15.5 Å². The number of aryl methyl sites for hydroxylation is 1. The normalized spacial score (nSPS) is 12.1. The first kappa shape index (κ1) is 26.4. The van der Waals surface area contributed by atoms with E-state index in [2.05, 4.69) is 9.82 Å². The zero-order valence-electron chi connectivity index (χ0n) is 18.7. The fourth-order valence-corrected chi connectivity index (χ4v) is 3.14. The van der Waals surface area contributed by atoms with Crippen LogP contribution in [-0.2, 0) is 21.0 Å². The molecule has 10 nitrogen and oxygen atoms in total. The first-order valence-electron chi connectivity index (χ1n) is 10.3. The standard InChI is InChI=1S/C23H20F3N3O7/c1-13-10-15(17-4-2-3-5-18(17)27-13)12-35-16-8-6-14(7-9-16)21(32)29(11-19(30)20(31)28-34)36-22(33)23(24,25)26/h2-10,19,30,34H,11-12H2,1H3,(H,28,31)/t19-/m1/s1. The summed E-state index contributed by atoms with van der Waals surface area (Å²) in [6.45, 7) is 0.823. The molecule has 0 unspecified atom stereocenters. The molecule has 36 heavy (non-hydrogen) atoms. The number of amides is 2. The molecular weight excluding hydrogens is 487 g/mol. The van der Waals surface area contributed by atoms with Crippen molar-refractivity contribution in [3.8, 4) is 5.75 Å². The van der Waals surface area contributed by atoms with Crippen molar-refractivity contribution < 1.29 is 47.4 Å². The van der Waals surface area contributed by atoms with Gasteiger partial charge in [0.2, 0.25) is 0 Å². The molecule has 0 aliphatic heterocycles. The number of hydroxylamine groups is 3. The molecular formula is C23H20F3N3O7. The maximum Gasteiger partial charge on any atom is 0.493 e. The number of nitrogens with zero attached hydrogens (tertiary/aromatic N) is 2. The Labute approximate surface area is 201 Å². The summed E-state index contributed by atoms with van der Waals surface area (Å²) in [5.41, 5.74) is 3.28. The second-order valence-electron chi connectivity index (χ2n) is 7.49. The maximum absolute atomic E-state index is 12.7. The van der Waals surface area contributed by atoms with E-state index in [9.17, 15) is 32.7 Å². The molecule has 190 valence electrons. The first-order chi connectivity index (χ1) is 17.0. The van der Waals surface area contributed by atoms with E-state index < -0.39 is 36.6 Å². The predicted octanol–water partition coefficient (Wildman–Crippen LogP) is 2.45. The summed E-state index contributed by atoms with van der Waals surface area (Å²) in [4.78, 5) is 43.7. The van der Waals surface area contributed by atoms with Gasteiger partial charge in [-0.05, 0) is 43.3 Å². The highest BCUT2D eigenvalue weighted by molar-refractivity contribution is 5.95. The third kappa shape index (κ3) is 6.46. The molecule has 3 rings (SSSR count). The van der Waals surface area contributed by atoms with Gasteiger partial charge in [0.25, 0.3) is 11.8 Å². The number of aliphatic hydroxyl groups excluding tert-OH is 1. The van der Waals surface area contributed by atoms with Crippen LogP contribution >= 0.6 is 0 Å². The zero-order chi connectivity index (χ0) is 26.5. The van der Waals surface area contributed by atoms with Crippen LogP contribution < -0.4 is 10.2 Å². The smallest absolute Gasteiger partial charge is 0.489 e. The number of hydrogen-bond donors (Lipinski definition) is 3. The van der Waals surface area contributed by atoms with Gasteiger partial charge >= 0.3 is 12.1 Å². The Bertz CT molecular complexity index is 1270. The molecule has 1 aromatic heterocycles. The Kier molecular flexibility index (Phi) is 8.07. The molecule has 2 amide bonds. The second-order valence-corrected chi connectivity index (χ2v) is 7.49. The largest absolute Gasteiger partial charge is 0.493 e. The molecule has 0 aliphatic rings. The molecule has 0 saturated carbocycles. The van der Waals surface area contributed by atoms with Crippen LogP contribution in [0.3, 0.4) is 0 Å². The molecule has 2 aromatic carbocycles. The summed E-state index contributed by atoms with van der Waals surface area (Å²) in [5, 5.41) is 19.0. The van der Waals surface area contributed by atoms with Crippen molar-refractivity contribution in [2.45, 2.75) is 25.8 Å². The molecule has 0 radical (unpaired) electrons. The summed E-state index contributed by atoms with van der Waals surface area (Å²) in [7, 11) is 0. The van der Waals surface area contributed by atoms with E-state index in [1.807, 2.05) is 37.3 Å². The van der Waals surface area contributed by atoms with Crippen molar-refractivity contribution in [1.29, 1.82) is 0 Å². The summed E-state index contributed by atoms with van der Waals surface area (Å²) < 4.78 is 43.6. The molecule has 3 aromatic rings. The summed E-state index contributed by atoms with van der Waals surface area (Å²) >= 11 is 0. The van der Waals surface area contributed by atoms with Crippen LogP contribution in [0.25, 0.3) is 10.9 Å². The molecule has 1 heterocycles. The van der Waals surface area contributed by atoms with Crippen LogP contribution in [0.2, 0.25) is 0 Å².